The fraction of sp³-hybridized carbons (Fsp3) is 0.100. The molecular weight excluding hydrogens is 270 g/mol. The Bertz CT molecular complexity index is 881. The molecule has 3 aliphatic carbocycles. The third-order valence-electron chi connectivity index (χ3n) is 5.05. The van der Waals surface area contributed by atoms with E-state index in [2.05, 4.69) is 59.8 Å². The first kappa shape index (κ1) is 11.9. The van der Waals surface area contributed by atoms with E-state index in [9.17, 15) is 4.91 Å². The van der Waals surface area contributed by atoms with Gasteiger partial charge in [-0.15, -0.1) is 4.91 Å². The third-order valence-corrected chi connectivity index (χ3v) is 5.05. The molecule has 0 spiro atoms. The first-order chi connectivity index (χ1) is 10.9. The van der Waals surface area contributed by atoms with Gasteiger partial charge in [0.1, 0.15) is 5.69 Å². The second-order valence-electron chi connectivity index (χ2n) is 6.00. The van der Waals surface area contributed by atoms with Gasteiger partial charge in [-0.3, -0.25) is 0 Å². The standard InChI is InChI=1S/C20H13NO/c22-21-17-11-5-10-16-18-12-6-1-3-8-14(12)19(20(16)17)15-9-4-2-7-13(15)18/h1-11,18-19H. The van der Waals surface area contributed by atoms with Crippen LogP contribution in [0, 0.1) is 4.91 Å². The summed E-state index contributed by atoms with van der Waals surface area (Å²) < 4.78 is 0. The van der Waals surface area contributed by atoms with Crippen molar-refractivity contribution in [3.63, 3.8) is 0 Å². The second kappa shape index (κ2) is 4.14. The molecule has 0 saturated heterocycles. The molecule has 0 saturated carbocycles. The fourth-order valence-electron chi connectivity index (χ4n) is 4.27. The Kier molecular flexibility index (Phi) is 2.23. The molecule has 6 rings (SSSR count). The van der Waals surface area contributed by atoms with Gasteiger partial charge in [0.15, 0.2) is 0 Å². The maximum absolute atomic E-state index is 11.3. The van der Waals surface area contributed by atoms with Gasteiger partial charge in [0.2, 0.25) is 0 Å². The normalized spacial score (nSPS) is 20.0. The van der Waals surface area contributed by atoms with Crippen molar-refractivity contribution in [2.24, 2.45) is 5.18 Å². The summed E-state index contributed by atoms with van der Waals surface area (Å²) in [6.07, 6.45) is 0. The lowest BCUT2D eigenvalue weighted by molar-refractivity contribution is 0.755. The van der Waals surface area contributed by atoms with Crippen molar-refractivity contribution in [1.29, 1.82) is 0 Å². The van der Waals surface area contributed by atoms with Crippen LogP contribution in [0.2, 0.25) is 0 Å². The van der Waals surface area contributed by atoms with Gasteiger partial charge < -0.3 is 0 Å². The molecular formula is C20H13NO. The van der Waals surface area contributed by atoms with E-state index in [1.54, 1.807) is 0 Å². The van der Waals surface area contributed by atoms with Gasteiger partial charge in [-0.05, 0) is 44.6 Å². The van der Waals surface area contributed by atoms with E-state index in [0.29, 0.717) is 5.69 Å². The Morgan fingerprint density at radius 1 is 0.591 bits per heavy atom. The molecule has 22 heavy (non-hydrogen) atoms. The Morgan fingerprint density at radius 3 is 1.64 bits per heavy atom. The summed E-state index contributed by atoms with van der Waals surface area (Å²) in [6, 6.07) is 23.1. The van der Waals surface area contributed by atoms with Crippen LogP contribution in [0.15, 0.2) is 71.9 Å². The highest BCUT2D eigenvalue weighted by molar-refractivity contribution is 5.72. The summed E-state index contributed by atoms with van der Waals surface area (Å²) >= 11 is 0. The molecule has 104 valence electrons. The van der Waals surface area contributed by atoms with Gasteiger partial charge in [0, 0.05) is 11.8 Å². The van der Waals surface area contributed by atoms with E-state index in [-0.39, 0.29) is 11.8 Å². The summed E-state index contributed by atoms with van der Waals surface area (Å²) in [5.41, 5.74) is 8.27. The lowest BCUT2D eigenvalue weighted by Gasteiger charge is -2.42. The van der Waals surface area contributed by atoms with E-state index in [1.807, 2.05) is 12.1 Å². The van der Waals surface area contributed by atoms with Crippen LogP contribution in [0.3, 0.4) is 0 Å². The number of nitrogens with zero attached hydrogens (tertiary/aromatic N) is 1. The minimum atomic E-state index is 0.126. The maximum atomic E-state index is 11.3. The van der Waals surface area contributed by atoms with Crippen LogP contribution in [0.4, 0.5) is 5.69 Å². The third kappa shape index (κ3) is 1.30. The maximum Gasteiger partial charge on any atom is 0.112 e. The number of benzene rings is 3. The SMILES string of the molecule is O=Nc1cccc2c1C1c3ccccc3C2c2ccccc21. The average molecular weight is 283 g/mol. The molecule has 0 radical (unpaired) electrons. The van der Waals surface area contributed by atoms with Gasteiger partial charge >= 0.3 is 0 Å². The highest BCUT2D eigenvalue weighted by Gasteiger charge is 2.42. The molecule has 0 unspecified atom stereocenters. The number of hydrogen-bond donors (Lipinski definition) is 0. The summed E-state index contributed by atoms with van der Waals surface area (Å²) in [5.74, 6) is 0.343. The van der Waals surface area contributed by atoms with Gasteiger partial charge in [-0.2, -0.15) is 0 Å². The molecule has 0 amide bonds. The number of rotatable bonds is 1. The first-order valence-corrected chi connectivity index (χ1v) is 7.54. The first-order valence-electron chi connectivity index (χ1n) is 7.54. The lowest BCUT2D eigenvalue weighted by Crippen LogP contribution is -2.27. The van der Waals surface area contributed by atoms with Crippen LogP contribution in [-0.4, -0.2) is 0 Å². The second-order valence-corrected chi connectivity index (χ2v) is 6.00. The van der Waals surface area contributed by atoms with Crippen molar-refractivity contribution in [3.8, 4) is 0 Å². The number of hydrogen-bond acceptors (Lipinski definition) is 2. The zero-order chi connectivity index (χ0) is 14.7. The van der Waals surface area contributed by atoms with Crippen LogP contribution in [-0.2, 0) is 0 Å². The molecule has 2 bridgehead atoms. The summed E-state index contributed by atoms with van der Waals surface area (Å²) in [6.45, 7) is 0. The van der Waals surface area contributed by atoms with Gasteiger partial charge in [0.05, 0.1) is 0 Å². The van der Waals surface area contributed by atoms with Crippen LogP contribution >= 0.6 is 0 Å². The monoisotopic (exact) mass is 283 g/mol. The highest BCUT2D eigenvalue weighted by atomic mass is 16.3. The zero-order valence-electron chi connectivity index (χ0n) is 11.9. The van der Waals surface area contributed by atoms with E-state index < -0.39 is 0 Å². The Labute approximate surface area is 128 Å². The van der Waals surface area contributed by atoms with Gasteiger partial charge in [-0.25, -0.2) is 0 Å². The van der Waals surface area contributed by atoms with Crippen LogP contribution in [0.5, 0.6) is 0 Å². The van der Waals surface area contributed by atoms with E-state index >= 15 is 0 Å². The highest BCUT2D eigenvalue weighted by Crippen LogP contribution is 2.57. The Hall–Kier alpha value is -2.74. The Balaban J connectivity index is 1.94. The van der Waals surface area contributed by atoms with Crippen molar-refractivity contribution in [3.05, 3.63) is 105 Å². The van der Waals surface area contributed by atoms with Gasteiger partial charge in [-0.1, -0.05) is 60.7 Å². The minimum absolute atomic E-state index is 0.126. The van der Waals surface area contributed by atoms with E-state index in [1.165, 1.54) is 27.8 Å². The molecule has 3 aromatic rings. The molecule has 0 N–H and O–H groups in total. The molecule has 0 fully saturated rings. The van der Waals surface area contributed by atoms with Crippen molar-refractivity contribution in [2.45, 2.75) is 11.8 Å². The molecule has 3 aromatic carbocycles. The lowest BCUT2D eigenvalue weighted by atomic mass is 9.61. The zero-order valence-corrected chi connectivity index (χ0v) is 11.9. The fourth-order valence-corrected chi connectivity index (χ4v) is 4.27. The summed E-state index contributed by atoms with van der Waals surface area (Å²) in [4.78, 5) is 11.3. The summed E-state index contributed by atoms with van der Waals surface area (Å²) in [7, 11) is 0. The molecule has 3 aliphatic rings. The predicted molar refractivity (Wildman–Crippen MR) is 86.7 cm³/mol. The minimum Gasteiger partial charge on any atom is -0.145 e. The average Bonchev–Trinajstić information content (AvgIpc) is 2.60. The van der Waals surface area contributed by atoms with Crippen LogP contribution < -0.4 is 0 Å². The van der Waals surface area contributed by atoms with Crippen molar-refractivity contribution in [2.75, 3.05) is 0 Å². The summed E-state index contributed by atoms with van der Waals surface area (Å²) in [5, 5.41) is 3.30. The molecule has 2 nitrogen and oxygen atoms in total. The van der Waals surface area contributed by atoms with Crippen molar-refractivity contribution in [1.82, 2.24) is 0 Å². The Morgan fingerprint density at radius 2 is 1.09 bits per heavy atom. The van der Waals surface area contributed by atoms with Crippen LogP contribution in [0.25, 0.3) is 0 Å². The largest absolute Gasteiger partial charge is 0.145 e. The van der Waals surface area contributed by atoms with Crippen molar-refractivity contribution < 1.29 is 0 Å². The predicted octanol–water partition coefficient (Wildman–Crippen LogP) is 5.07. The van der Waals surface area contributed by atoms with Gasteiger partial charge in [0.25, 0.3) is 0 Å². The molecule has 0 heterocycles. The van der Waals surface area contributed by atoms with Crippen molar-refractivity contribution >= 4 is 5.69 Å². The number of nitroso groups, excluding NO2 is 1. The van der Waals surface area contributed by atoms with E-state index in [0.717, 1.165) is 5.56 Å². The molecule has 0 atom stereocenters. The molecule has 2 heteroatoms. The quantitative estimate of drug-likeness (QED) is 0.395. The molecule has 0 aromatic heterocycles. The smallest absolute Gasteiger partial charge is 0.112 e. The topological polar surface area (TPSA) is 29.4 Å². The van der Waals surface area contributed by atoms with E-state index in [4.69, 9.17) is 0 Å². The van der Waals surface area contributed by atoms with Crippen LogP contribution in [0.1, 0.15) is 45.2 Å². The molecule has 0 aliphatic heterocycles.